The van der Waals surface area contributed by atoms with E-state index in [0.717, 1.165) is 16.9 Å². The van der Waals surface area contributed by atoms with Gasteiger partial charge in [0.1, 0.15) is 5.75 Å². The maximum Gasteiger partial charge on any atom is 0.121 e. The molecule has 0 spiro atoms. The lowest BCUT2D eigenvalue weighted by Gasteiger charge is -2.13. The zero-order valence-electron chi connectivity index (χ0n) is 10.4. The Kier molecular flexibility index (Phi) is 3.50. The summed E-state index contributed by atoms with van der Waals surface area (Å²) in [6.07, 6.45) is 0. The van der Waals surface area contributed by atoms with E-state index in [1.807, 2.05) is 19.1 Å². The molecule has 2 rings (SSSR count). The van der Waals surface area contributed by atoms with E-state index in [9.17, 15) is 0 Å². The van der Waals surface area contributed by atoms with Crippen molar-refractivity contribution >= 4 is 11.3 Å². The molecule has 0 bridgehead atoms. The van der Waals surface area contributed by atoms with Crippen LogP contribution in [0.1, 0.15) is 27.6 Å². The van der Waals surface area contributed by atoms with Gasteiger partial charge in [-0.2, -0.15) is 0 Å². The molecule has 1 atom stereocenters. The minimum absolute atomic E-state index is 0.0513. The Morgan fingerprint density at radius 1 is 1.18 bits per heavy atom. The first-order valence-electron chi connectivity index (χ1n) is 5.57. The summed E-state index contributed by atoms with van der Waals surface area (Å²) < 4.78 is 5.25. The van der Waals surface area contributed by atoms with Gasteiger partial charge in [-0.05, 0) is 48.1 Å². The summed E-state index contributed by atoms with van der Waals surface area (Å²) in [6.45, 7) is 4.13. The van der Waals surface area contributed by atoms with E-state index in [1.54, 1.807) is 18.4 Å². The van der Waals surface area contributed by atoms with Crippen molar-refractivity contribution in [2.45, 2.75) is 19.9 Å². The zero-order chi connectivity index (χ0) is 12.4. The van der Waals surface area contributed by atoms with Gasteiger partial charge in [0.2, 0.25) is 0 Å². The van der Waals surface area contributed by atoms with Gasteiger partial charge in [0, 0.05) is 4.88 Å². The maximum absolute atomic E-state index is 6.26. The van der Waals surface area contributed by atoms with Crippen molar-refractivity contribution in [1.29, 1.82) is 0 Å². The molecule has 1 unspecified atom stereocenters. The molecule has 1 aromatic carbocycles. The molecule has 0 saturated heterocycles. The molecule has 2 N–H and O–H groups in total. The highest BCUT2D eigenvalue weighted by Gasteiger charge is 2.11. The number of rotatable bonds is 3. The van der Waals surface area contributed by atoms with Gasteiger partial charge in [0.25, 0.3) is 0 Å². The summed E-state index contributed by atoms with van der Waals surface area (Å²) in [6, 6.07) is 8.20. The Morgan fingerprint density at radius 2 is 1.94 bits per heavy atom. The monoisotopic (exact) mass is 247 g/mol. The summed E-state index contributed by atoms with van der Waals surface area (Å²) in [5.41, 5.74) is 9.68. The molecule has 2 nitrogen and oxygen atoms in total. The van der Waals surface area contributed by atoms with E-state index in [-0.39, 0.29) is 6.04 Å². The quantitative estimate of drug-likeness (QED) is 0.902. The van der Waals surface area contributed by atoms with Crippen molar-refractivity contribution in [1.82, 2.24) is 0 Å². The average Bonchev–Trinajstić information content (AvgIpc) is 2.75. The number of benzene rings is 1. The Labute approximate surface area is 106 Å². The fourth-order valence-electron chi connectivity index (χ4n) is 1.91. The van der Waals surface area contributed by atoms with Crippen LogP contribution in [0.15, 0.2) is 29.6 Å². The second kappa shape index (κ2) is 4.90. The molecule has 0 aliphatic rings. The van der Waals surface area contributed by atoms with Crippen LogP contribution in [-0.4, -0.2) is 7.11 Å². The first-order chi connectivity index (χ1) is 8.11. The fourth-order valence-corrected chi connectivity index (χ4v) is 2.66. The van der Waals surface area contributed by atoms with Gasteiger partial charge in [-0.25, -0.2) is 0 Å². The normalized spacial score (nSPS) is 12.5. The van der Waals surface area contributed by atoms with Crippen LogP contribution in [0.5, 0.6) is 5.75 Å². The van der Waals surface area contributed by atoms with Crippen molar-refractivity contribution in [2.24, 2.45) is 5.73 Å². The summed E-state index contributed by atoms with van der Waals surface area (Å²) in [7, 11) is 1.68. The largest absolute Gasteiger partial charge is 0.496 e. The molecule has 1 aromatic heterocycles. The Bertz CT molecular complexity index is 519. The average molecular weight is 247 g/mol. The van der Waals surface area contributed by atoms with Crippen LogP contribution in [-0.2, 0) is 0 Å². The second-order valence-corrected chi connectivity index (χ2v) is 5.31. The molecule has 0 fully saturated rings. The van der Waals surface area contributed by atoms with E-state index in [1.165, 1.54) is 10.4 Å². The molecule has 2 aromatic rings. The van der Waals surface area contributed by atoms with Crippen LogP contribution in [0.4, 0.5) is 0 Å². The number of ether oxygens (including phenoxy) is 1. The third-order valence-corrected chi connectivity index (χ3v) is 3.77. The molecular weight excluding hydrogens is 230 g/mol. The van der Waals surface area contributed by atoms with Crippen molar-refractivity contribution in [3.63, 3.8) is 0 Å². The SMILES string of the molecule is COc1ccc(C(N)c2csc(C)c2)cc1C. The molecule has 0 radical (unpaired) electrons. The molecule has 1 heterocycles. The topological polar surface area (TPSA) is 35.2 Å². The molecule has 0 aliphatic heterocycles. The highest BCUT2D eigenvalue weighted by Crippen LogP contribution is 2.27. The van der Waals surface area contributed by atoms with Crippen LogP contribution >= 0.6 is 11.3 Å². The predicted molar refractivity (Wildman–Crippen MR) is 72.8 cm³/mol. The van der Waals surface area contributed by atoms with E-state index < -0.39 is 0 Å². The van der Waals surface area contributed by atoms with Crippen LogP contribution in [0, 0.1) is 13.8 Å². The molecule has 0 aliphatic carbocycles. The molecule has 0 saturated carbocycles. The third-order valence-electron chi connectivity index (χ3n) is 2.89. The summed E-state index contributed by atoms with van der Waals surface area (Å²) in [4.78, 5) is 1.29. The molecule has 90 valence electrons. The number of thiophene rings is 1. The summed E-state index contributed by atoms with van der Waals surface area (Å²) in [5.74, 6) is 0.905. The van der Waals surface area contributed by atoms with Gasteiger partial charge in [0.05, 0.1) is 13.2 Å². The van der Waals surface area contributed by atoms with Crippen molar-refractivity contribution in [2.75, 3.05) is 7.11 Å². The van der Waals surface area contributed by atoms with Crippen molar-refractivity contribution in [3.05, 3.63) is 51.2 Å². The van der Waals surface area contributed by atoms with E-state index in [0.29, 0.717) is 0 Å². The maximum atomic E-state index is 6.26. The van der Waals surface area contributed by atoms with Crippen molar-refractivity contribution in [3.8, 4) is 5.75 Å². The smallest absolute Gasteiger partial charge is 0.121 e. The molecular formula is C14H17NOS. The number of hydrogen-bond donors (Lipinski definition) is 1. The second-order valence-electron chi connectivity index (χ2n) is 4.20. The molecule has 3 heteroatoms. The van der Waals surface area contributed by atoms with Gasteiger partial charge in [-0.15, -0.1) is 11.3 Å². The standard InChI is InChI=1S/C14H17NOS/c1-9-6-11(4-5-13(9)16-3)14(15)12-7-10(2)17-8-12/h4-8,14H,15H2,1-3H3. The van der Waals surface area contributed by atoms with Gasteiger partial charge >= 0.3 is 0 Å². The number of hydrogen-bond acceptors (Lipinski definition) is 3. The van der Waals surface area contributed by atoms with Crippen LogP contribution < -0.4 is 10.5 Å². The van der Waals surface area contributed by atoms with E-state index in [4.69, 9.17) is 10.5 Å². The highest BCUT2D eigenvalue weighted by molar-refractivity contribution is 7.10. The minimum atomic E-state index is -0.0513. The van der Waals surface area contributed by atoms with Gasteiger partial charge < -0.3 is 10.5 Å². The van der Waals surface area contributed by atoms with Gasteiger partial charge in [0.15, 0.2) is 0 Å². The van der Waals surface area contributed by atoms with Crippen LogP contribution in [0.3, 0.4) is 0 Å². The third kappa shape index (κ3) is 2.51. The van der Waals surface area contributed by atoms with Gasteiger partial charge in [-0.1, -0.05) is 12.1 Å². The van der Waals surface area contributed by atoms with E-state index in [2.05, 4.69) is 24.4 Å². The number of aryl methyl sites for hydroxylation is 2. The van der Waals surface area contributed by atoms with Crippen molar-refractivity contribution < 1.29 is 4.74 Å². The zero-order valence-corrected chi connectivity index (χ0v) is 11.2. The van der Waals surface area contributed by atoms with E-state index >= 15 is 0 Å². The lowest BCUT2D eigenvalue weighted by Crippen LogP contribution is -2.11. The first-order valence-corrected chi connectivity index (χ1v) is 6.45. The Morgan fingerprint density at radius 3 is 2.47 bits per heavy atom. The molecule has 17 heavy (non-hydrogen) atoms. The predicted octanol–water partition coefficient (Wildman–Crippen LogP) is 3.42. The summed E-state index contributed by atoms with van der Waals surface area (Å²) >= 11 is 1.73. The van der Waals surface area contributed by atoms with Crippen LogP contribution in [0.25, 0.3) is 0 Å². The Hall–Kier alpha value is -1.32. The number of methoxy groups -OCH3 is 1. The highest BCUT2D eigenvalue weighted by atomic mass is 32.1. The van der Waals surface area contributed by atoms with Crippen LogP contribution in [0.2, 0.25) is 0 Å². The minimum Gasteiger partial charge on any atom is -0.496 e. The first kappa shape index (κ1) is 12.1. The lowest BCUT2D eigenvalue weighted by atomic mass is 10.00. The Balaban J connectivity index is 2.31. The fraction of sp³-hybridized carbons (Fsp3) is 0.286. The van der Waals surface area contributed by atoms with Gasteiger partial charge in [-0.3, -0.25) is 0 Å². The molecule has 0 amide bonds. The number of nitrogens with two attached hydrogens (primary N) is 1. The summed E-state index contributed by atoms with van der Waals surface area (Å²) in [5, 5.41) is 2.12. The lowest BCUT2D eigenvalue weighted by molar-refractivity contribution is 0.411.